The number of aromatic nitrogens is 2. The molecule has 1 aromatic carbocycles. The maximum atomic E-state index is 13.0. The molecule has 0 saturated heterocycles. The summed E-state index contributed by atoms with van der Waals surface area (Å²) in [4.78, 5) is 23.1. The standard InChI is InChI=1S/C19H16N4O/c20-9-4-12-23(14-15-5-3-10-21-13-15)19(24)17-8-11-22-18-7-2-1-6-16(17)18/h1-3,5-8,10-11,13H,4,12,14H2. The van der Waals surface area contributed by atoms with Crippen molar-refractivity contribution in [3.05, 3.63) is 72.2 Å². The predicted octanol–water partition coefficient (Wildman–Crippen LogP) is 3.19. The highest BCUT2D eigenvalue weighted by atomic mass is 16.2. The van der Waals surface area contributed by atoms with Crippen LogP contribution in [0.4, 0.5) is 0 Å². The van der Waals surface area contributed by atoms with Gasteiger partial charge in [-0.25, -0.2) is 0 Å². The Kier molecular flexibility index (Phi) is 4.78. The van der Waals surface area contributed by atoms with E-state index < -0.39 is 0 Å². The fourth-order valence-corrected chi connectivity index (χ4v) is 2.60. The summed E-state index contributed by atoms with van der Waals surface area (Å²) >= 11 is 0. The van der Waals surface area contributed by atoms with Crippen LogP contribution in [0.3, 0.4) is 0 Å². The summed E-state index contributed by atoms with van der Waals surface area (Å²) in [6.07, 6.45) is 5.36. The molecule has 0 fully saturated rings. The van der Waals surface area contributed by atoms with Gasteiger partial charge < -0.3 is 4.90 Å². The van der Waals surface area contributed by atoms with Gasteiger partial charge in [-0.15, -0.1) is 0 Å². The Hall–Kier alpha value is -3.26. The molecule has 3 rings (SSSR count). The molecule has 1 amide bonds. The van der Waals surface area contributed by atoms with Crippen LogP contribution in [-0.2, 0) is 6.54 Å². The van der Waals surface area contributed by atoms with Crippen molar-refractivity contribution in [2.45, 2.75) is 13.0 Å². The first kappa shape index (κ1) is 15.6. The molecule has 3 aromatic rings. The second kappa shape index (κ2) is 7.34. The van der Waals surface area contributed by atoms with Gasteiger partial charge in [0.25, 0.3) is 5.91 Å². The van der Waals surface area contributed by atoms with Crippen molar-refractivity contribution in [1.29, 1.82) is 5.26 Å². The third kappa shape index (κ3) is 3.39. The van der Waals surface area contributed by atoms with E-state index >= 15 is 0 Å². The highest BCUT2D eigenvalue weighted by Crippen LogP contribution is 2.19. The van der Waals surface area contributed by atoms with Gasteiger partial charge >= 0.3 is 0 Å². The Morgan fingerprint density at radius 1 is 1.12 bits per heavy atom. The van der Waals surface area contributed by atoms with Crippen molar-refractivity contribution in [2.75, 3.05) is 6.54 Å². The lowest BCUT2D eigenvalue weighted by molar-refractivity contribution is 0.0748. The number of nitriles is 1. The lowest BCUT2D eigenvalue weighted by Crippen LogP contribution is -2.31. The van der Waals surface area contributed by atoms with E-state index in [1.807, 2.05) is 36.4 Å². The molecule has 24 heavy (non-hydrogen) atoms. The van der Waals surface area contributed by atoms with E-state index in [2.05, 4.69) is 16.0 Å². The predicted molar refractivity (Wildman–Crippen MR) is 91.0 cm³/mol. The third-order valence-electron chi connectivity index (χ3n) is 3.76. The van der Waals surface area contributed by atoms with E-state index in [4.69, 9.17) is 5.26 Å². The molecule has 0 spiro atoms. The quantitative estimate of drug-likeness (QED) is 0.725. The maximum absolute atomic E-state index is 13.0. The Bertz CT molecular complexity index is 881. The number of carbonyl (C=O) groups excluding carboxylic acids is 1. The van der Waals surface area contributed by atoms with Crippen LogP contribution in [0.5, 0.6) is 0 Å². The molecule has 0 aliphatic carbocycles. The van der Waals surface area contributed by atoms with E-state index in [9.17, 15) is 4.79 Å². The highest BCUT2D eigenvalue weighted by Gasteiger charge is 2.18. The first-order valence-electron chi connectivity index (χ1n) is 7.68. The topological polar surface area (TPSA) is 69.9 Å². The van der Waals surface area contributed by atoms with Gasteiger partial charge in [0.1, 0.15) is 0 Å². The maximum Gasteiger partial charge on any atom is 0.254 e. The number of carbonyl (C=O) groups is 1. The van der Waals surface area contributed by atoms with Crippen LogP contribution in [0.25, 0.3) is 10.9 Å². The number of pyridine rings is 2. The molecule has 0 saturated carbocycles. The molecular formula is C19H16N4O. The van der Waals surface area contributed by atoms with Crippen LogP contribution in [0.15, 0.2) is 61.1 Å². The van der Waals surface area contributed by atoms with Gasteiger partial charge in [-0.2, -0.15) is 5.26 Å². The summed E-state index contributed by atoms with van der Waals surface area (Å²) in [5.41, 5.74) is 2.31. The Labute approximate surface area is 140 Å². The van der Waals surface area contributed by atoms with Gasteiger partial charge in [-0.3, -0.25) is 14.8 Å². The van der Waals surface area contributed by atoms with Crippen LogP contribution in [0, 0.1) is 11.3 Å². The Balaban J connectivity index is 1.94. The van der Waals surface area contributed by atoms with Crippen LogP contribution in [0.1, 0.15) is 22.3 Å². The SMILES string of the molecule is N#CCCN(Cc1cccnc1)C(=O)c1ccnc2ccccc12. The van der Waals surface area contributed by atoms with Crippen LogP contribution >= 0.6 is 0 Å². The number of nitrogens with zero attached hydrogens (tertiary/aromatic N) is 4. The molecule has 5 heteroatoms. The van der Waals surface area contributed by atoms with Gasteiger partial charge in [0.15, 0.2) is 0 Å². The van der Waals surface area contributed by atoms with Gasteiger partial charge in [-0.05, 0) is 23.8 Å². The van der Waals surface area contributed by atoms with Crippen molar-refractivity contribution in [3.63, 3.8) is 0 Å². The molecule has 5 nitrogen and oxygen atoms in total. The van der Waals surface area contributed by atoms with E-state index in [-0.39, 0.29) is 12.3 Å². The summed E-state index contributed by atoms with van der Waals surface area (Å²) in [7, 11) is 0. The minimum absolute atomic E-state index is 0.104. The second-order valence-corrected chi connectivity index (χ2v) is 5.37. The number of fused-ring (bicyclic) bond motifs is 1. The molecular weight excluding hydrogens is 300 g/mol. The highest BCUT2D eigenvalue weighted by molar-refractivity contribution is 6.05. The monoisotopic (exact) mass is 316 g/mol. The lowest BCUT2D eigenvalue weighted by atomic mass is 10.1. The summed E-state index contributed by atoms with van der Waals surface area (Å²) in [6, 6.07) is 15.2. The van der Waals surface area contributed by atoms with E-state index in [1.165, 1.54) is 0 Å². The zero-order valence-electron chi connectivity index (χ0n) is 13.1. The number of hydrogen-bond donors (Lipinski definition) is 0. The third-order valence-corrected chi connectivity index (χ3v) is 3.76. The van der Waals surface area contributed by atoms with Crippen LogP contribution in [0.2, 0.25) is 0 Å². The second-order valence-electron chi connectivity index (χ2n) is 5.37. The molecule has 0 aliphatic heterocycles. The Morgan fingerprint density at radius 3 is 2.79 bits per heavy atom. The van der Waals surface area contributed by atoms with E-state index in [1.54, 1.807) is 29.6 Å². The average Bonchev–Trinajstić information content (AvgIpc) is 2.65. The van der Waals surface area contributed by atoms with Crippen molar-refractivity contribution in [1.82, 2.24) is 14.9 Å². The Morgan fingerprint density at radius 2 is 2.00 bits per heavy atom. The van der Waals surface area contributed by atoms with Gasteiger partial charge in [0.05, 0.1) is 23.6 Å². The molecule has 0 radical (unpaired) electrons. The largest absolute Gasteiger partial charge is 0.333 e. The van der Waals surface area contributed by atoms with Crippen LogP contribution in [-0.4, -0.2) is 27.3 Å². The number of hydrogen-bond acceptors (Lipinski definition) is 4. The fourth-order valence-electron chi connectivity index (χ4n) is 2.60. The summed E-state index contributed by atoms with van der Waals surface area (Å²) < 4.78 is 0. The van der Waals surface area contributed by atoms with Crippen molar-refractivity contribution < 1.29 is 4.79 Å². The summed E-state index contributed by atoms with van der Waals surface area (Å²) in [6.45, 7) is 0.798. The van der Waals surface area contributed by atoms with E-state index in [0.29, 0.717) is 18.7 Å². The molecule has 0 unspecified atom stereocenters. The van der Waals surface area contributed by atoms with E-state index in [0.717, 1.165) is 16.5 Å². The lowest BCUT2D eigenvalue weighted by Gasteiger charge is -2.22. The zero-order valence-corrected chi connectivity index (χ0v) is 13.1. The number of benzene rings is 1. The molecule has 118 valence electrons. The molecule has 0 bridgehead atoms. The van der Waals surface area contributed by atoms with Gasteiger partial charge in [-0.1, -0.05) is 24.3 Å². The van der Waals surface area contributed by atoms with Crippen molar-refractivity contribution in [2.24, 2.45) is 0 Å². The minimum atomic E-state index is -0.104. The summed E-state index contributed by atoms with van der Waals surface area (Å²) in [5.74, 6) is -0.104. The van der Waals surface area contributed by atoms with Gasteiger partial charge in [0, 0.05) is 37.1 Å². The number of para-hydroxylation sites is 1. The van der Waals surface area contributed by atoms with Crippen molar-refractivity contribution >= 4 is 16.8 Å². The first-order valence-corrected chi connectivity index (χ1v) is 7.68. The van der Waals surface area contributed by atoms with Crippen LogP contribution < -0.4 is 0 Å². The zero-order chi connectivity index (χ0) is 16.8. The molecule has 0 atom stereocenters. The number of amides is 1. The van der Waals surface area contributed by atoms with Gasteiger partial charge in [0.2, 0.25) is 0 Å². The smallest absolute Gasteiger partial charge is 0.254 e. The minimum Gasteiger partial charge on any atom is -0.333 e. The average molecular weight is 316 g/mol. The van der Waals surface area contributed by atoms with Crippen molar-refractivity contribution in [3.8, 4) is 6.07 Å². The molecule has 0 N–H and O–H groups in total. The summed E-state index contributed by atoms with van der Waals surface area (Å²) in [5, 5.41) is 9.71. The molecule has 2 aromatic heterocycles. The molecule has 0 aliphatic rings. The number of rotatable bonds is 5. The molecule has 2 heterocycles. The fraction of sp³-hybridized carbons (Fsp3) is 0.158. The first-order chi connectivity index (χ1) is 11.8. The normalized spacial score (nSPS) is 10.3.